The number of hydrogen-bond donors (Lipinski definition) is 0. The van der Waals surface area contributed by atoms with Crippen molar-refractivity contribution in [2.45, 2.75) is 20.3 Å². The molecule has 0 amide bonds. The van der Waals surface area contributed by atoms with Gasteiger partial charge in [-0.05, 0) is 42.2 Å². The minimum absolute atomic E-state index is 0.252. The maximum Gasteiger partial charge on any atom is 0.355 e. The number of carbonyl (C=O) groups excluding carboxylic acids is 2. The van der Waals surface area contributed by atoms with E-state index in [1.807, 2.05) is 37.3 Å². The molecular weight excluding hydrogens is 392 g/mol. The number of rotatable bonds is 6. The highest BCUT2D eigenvalue weighted by Crippen LogP contribution is 2.34. The minimum Gasteiger partial charge on any atom is -0.465 e. The number of benzene rings is 2. The van der Waals surface area contributed by atoms with Crippen molar-refractivity contribution in [2.75, 3.05) is 13.7 Å². The molecule has 0 atom stereocenters. The van der Waals surface area contributed by atoms with Crippen LogP contribution in [0.4, 0.5) is 0 Å². The van der Waals surface area contributed by atoms with E-state index < -0.39 is 11.9 Å². The molecule has 1 heterocycles. The largest absolute Gasteiger partial charge is 0.465 e. The molecule has 3 rings (SSSR count). The fourth-order valence-corrected chi connectivity index (χ4v) is 3.76. The van der Waals surface area contributed by atoms with E-state index in [0.717, 1.165) is 22.4 Å². The van der Waals surface area contributed by atoms with E-state index in [2.05, 4.69) is 6.07 Å². The summed E-state index contributed by atoms with van der Waals surface area (Å²) in [4.78, 5) is 24.5. The lowest BCUT2D eigenvalue weighted by atomic mass is 9.96. The summed E-state index contributed by atoms with van der Waals surface area (Å²) in [6.07, 6.45) is 0.615. The third kappa shape index (κ3) is 4.08. The summed E-state index contributed by atoms with van der Waals surface area (Å²) in [7, 11) is 3.13. The molecule has 6 nitrogen and oxygen atoms in total. The van der Waals surface area contributed by atoms with E-state index in [4.69, 9.17) is 9.47 Å². The first-order chi connectivity index (χ1) is 15.0. The Labute approximate surface area is 181 Å². The highest BCUT2D eigenvalue weighted by molar-refractivity contribution is 5.98. The number of ether oxygens (including phenoxy) is 2. The van der Waals surface area contributed by atoms with Gasteiger partial charge in [-0.25, -0.2) is 9.59 Å². The Balaban J connectivity index is 2.10. The second-order valence-electron chi connectivity index (χ2n) is 6.94. The van der Waals surface area contributed by atoms with Crippen LogP contribution in [-0.4, -0.2) is 30.2 Å². The van der Waals surface area contributed by atoms with Crippen LogP contribution in [0.15, 0.2) is 48.5 Å². The number of esters is 2. The summed E-state index contributed by atoms with van der Waals surface area (Å²) < 4.78 is 11.8. The van der Waals surface area contributed by atoms with Crippen LogP contribution in [0.1, 0.15) is 46.0 Å². The molecule has 0 saturated carbocycles. The lowest BCUT2D eigenvalue weighted by Gasteiger charge is -2.09. The SMILES string of the molecule is CCOC(=O)c1c(-c2ccc(-c3cccc(C(=O)OC)c3)cc2)c(C#N)c(CC)n1C. The van der Waals surface area contributed by atoms with E-state index in [9.17, 15) is 14.9 Å². The van der Waals surface area contributed by atoms with Gasteiger partial charge in [0.25, 0.3) is 0 Å². The molecule has 3 aromatic rings. The van der Waals surface area contributed by atoms with Crippen molar-refractivity contribution in [3.8, 4) is 28.3 Å². The molecule has 0 bridgehead atoms. The van der Waals surface area contributed by atoms with Crippen LogP contribution < -0.4 is 0 Å². The predicted molar refractivity (Wildman–Crippen MR) is 118 cm³/mol. The van der Waals surface area contributed by atoms with Gasteiger partial charge in [0.2, 0.25) is 0 Å². The monoisotopic (exact) mass is 416 g/mol. The molecule has 0 N–H and O–H groups in total. The third-order valence-corrected chi connectivity index (χ3v) is 5.22. The van der Waals surface area contributed by atoms with Gasteiger partial charge in [-0.1, -0.05) is 43.3 Å². The molecule has 0 saturated heterocycles. The van der Waals surface area contributed by atoms with Gasteiger partial charge < -0.3 is 14.0 Å². The van der Waals surface area contributed by atoms with E-state index in [1.165, 1.54) is 7.11 Å². The quantitative estimate of drug-likeness (QED) is 0.541. The predicted octanol–water partition coefficient (Wildman–Crippen LogP) is 4.76. The van der Waals surface area contributed by atoms with Gasteiger partial charge in [0, 0.05) is 18.3 Å². The summed E-state index contributed by atoms with van der Waals surface area (Å²) in [6.45, 7) is 3.96. The fraction of sp³-hybridized carbons (Fsp3) is 0.240. The molecule has 0 radical (unpaired) electrons. The molecule has 0 fully saturated rings. The zero-order valence-electron chi connectivity index (χ0n) is 18.1. The molecule has 31 heavy (non-hydrogen) atoms. The summed E-state index contributed by atoms with van der Waals surface area (Å²) in [5, 5.41) is 9.82. The molecule has 0 unspecified atom stereocenters. The molecule has 6 heteroatoms. The normalized spacial score (nSPS) is 10.4. The van der Waals surface area contributed by atoms with Crippen LogP contribution in [0.3, 0.4) is 0 Å². The van der Waals surface area contributed by atoms with E-state index in [1.54, 1.807) is 36.7 Å². The molecule has 0 aliphatic heterocycles. The van der Waals surface area contributed by atoms with Gasteiger partial charge in [-0.2, -0.15) is 5.26 Å². The van der Waals surface area contributed by atoms with Crippen LogP contribution >= 0.6 is 0 Å². The average Bonchev–Trinajstić information content (AvgIpc) is 3.10. The summed E-state index contributed by atoms with van der Waals surface area (Å²) >= 11 is 0. The minimum atomic E-state index is -0.453. The van der Waals surface area contributed by atoms with Crippen molar-refractivity contribution in [1.82, 2.24) is 4.57 Å². The number of carbonyl (C=O) groups is 2. The van der Waals surface area contributed by atoms with Crippen molar-refractivity contribution < 1.29 is 19.1 Å². The molecule has 1 aromatic heterocycles. The number of nitriles is 1. The molecule has 2 aromatic carbocycles. The van der Waals surface area contributed by atoms with Crippen molar-refractivity contribution in [3.05, 3.63) is 71.0 Å². The molecule has 0 aliphatic carbocycles. The number of methoxy groups -OCH3 is 1. The molecule has 0 spiro atoms. The Morgan fingerprint density at radius 1 is 1.00 bits per heavy atom. The van der Waals surface area contributed by atoms with Gasteiger partial charge in [-0.15, -0.1) is 0 Å². The smallest absolute Gasteiger partial charge is 0.355 e. The Morgan fingerprint density at radius 3 is 2.26 bits per heavy atom. The first kappa shape index (κ1) is 21.8. The summed E-state index contributed by atoms with van der Waals surface area (Å²) in [5.41, 5.74) is 5.20. The Kier molecular flexibility index (Phi) is 6.56. The highest BCUT2D eigenvalue weighted by atomic mass is 16.5. The summed E-state index contributed by atoms with van der Waals surface area (Å²) in [5.74, 6) is -0.848. The first-order valence-electron chi connectivity index (χ1n) is 10.0. The van der Waals surface area contributed by atoms with E-state index >= 15 is 0 Å². The number of hydrogen-bond acceptors (Lipinski definition) is 5. The maximum absolute atomic E-state index is 12.7. The van der Waals surface area contributed by atoms with Gasteiger partial charge in [0.05, 0.1) is 24.8 Å². The average molecular weight is 416 g/mol. The second kappa shape index (κ2) is 9.31. The van der Waals surface area contributed by atoms with Crippen molar-refractivity contribution in [1.29, 1.82) is 5.26 Å². The zero-order valence-corrected chi connectivity index (χ0v) is 18.1. The van der Waals surface area contributed by atoms with Crippen molar-refractivity contribution in [2.24, 2.45) is 7.05 Å². The molecular formula is C25H24N2O4. The Bertz CT molecular complexity index is 1170. The Hall–Kier alpha value is -3.85. The van der Waals surface area contributed by atoms with Crippen LogP contribution in [0.25, 0.3) is 22.3 Å². The molecule has 158 valence electrons. The van der Waals surface area contributed by atoms with Crippen molar-refractivity contribution >= 4 is 11.9 Å². The van der Waals surface area contributed by atoms with Crippen LogP contribution in [0.2, 0.25) is 0 Å². The van der Waals surface area contributed by atoms with E-state index in [-0.39, 0.29) is 6.61 Å². The maximum atomic E-state index is 12.7. The Morgan fingerprint density at radius 2 is 1.68 bits per heavy atom. The number of nitrogens with zero attached hydrogens (tertiary/aromatic N) is 2. The topological polar surface area (TPSA) is 81.3 Å². The van der Waals surface area contributed by atoms with Crippen LogP contribution in [0, 0.1) is 11.3 Å². The fourth-order valence-electron chi connectivity index (χ4n) is 3.76. The van der Waals surface area contributed by atoms with Crippen LogP contribution in [0.5, 0.6) is 0 Å². The second-order valence-corrected chi connectivity index (χ2v) is 6.94. The van der Waals surface area contributed by atoms with Gasteiger partial charge in [0.1, 0.15) is 11.8 Å². The van der Waals surface area contributed by atoms with Crippen molar-refractivity contribution in [3.63, 3.8) is 0 Å². The standard InChI is InChI=1S/C25H24N2O4/c1-5-21-20(15-26)22(23(27(21)3)25(29)31-6-2)17-12-10-16(11-13-17)18-8-7-9-19(14-18)24(28)30-4/h7-14H,5-6H2,1-4H3. The van der Waals surface area contributed by atoms with Crippen LogP contribution in [-0.2, 0) is 22.9 Å². The first-order valence-corrected chi connectivity index (χ1v) is 10.0. The summed E-state index contributed by atoms with van der Waals surface area (Å²) in [6, 6.07) is 17.0. The lowest BCUT2D eigenvalue weighted by molar-refractivity contribution is 0.0515. The number of aromatic nitrogens is 1. The lowest BCUT2D eigenvalue weighted by Crippen LogP contribution is -2.12. The molecule has 0 aliphatic rings. The zero-order chi connectivity index (χ0) is 22.5. The third-order valence-electron chi connectivity index (χ3n) is 5.22. The van der Waals surface area contributed by atoms with Gasteiger partial charge in [-0.3, -0.25) is 0 Å². The highest BCUT2D eigenvalue weighted by Gasteiger charge is 2.26. The van der Waals surface area contributed by atoms with E-state index in [0.29, 0.717) is 28.8 Å². The van der Waals surface area contributed by atoms with Gasteiger partial charge in [0.15, 0.2) is 0 Å². The van der Waals surface area contributed by atoms with Gasteiger partial charge >= 0.3 is 11.9 Å².